The SMILES string of the molecule is Cc1ccc(C[C@H](NC(=O)c2nnn(Cc3ccccc3)c2C)B(O)O)c(C)c1. The second-order valence-corrected chi connectivity index (χ2v) is 7.29. The molecule has 1 aromatic heterocycles. The Kier molecular flexibility index (Phi) is 6.46. The number of aromatic nitrogens is 3. The van der Waals surface area contributed by atoms with Gasteiger partial charge in [0, 0.05) is 0 Å². The Balaban J connectivity index is 1.73. The van der Waals surface area contributed by atoms with Gasteiger partial charge in [0.2, 0.25) is 0 Å². The first-order valence-corrected chi connectivity index (χ1v) is 9.52. The maximum absolute atomic E-state index is 12.7. The number of carbonyl (C=O) groups is 1. The first-order valence-electron chi connectivity index (χ1n) is 9.52. The molecule has 29 heavy (non-hydrogen) atoms. The van der Waals surface area contributed by atoms with E-state index in [2.05, 4.69) is 15.6 Å². The quantitative estimate of drug-likeness (QED) is 0.531. The summed E-state index contributed by atoms with van der Waals surface area (Å²) in [5.74, 6) is -1.34. The van der Waals surface area contributed by atoms with E-state index >= 15 is 0 Å². The van der Waals surface area contributed by atoms with E-state index in [1.165, 1.54) is 0 Å². The molecule has 3 aromatic rings. The highest BCUT2D eigenvalue weighted by Crippen LogP contribution is 2.14. The molecule has 0 fully saturated rings. The lowest BCUT2D eigenvalue weighted by Gasteiger charge is -2.19. The Morgan fingerprint density at radius 1 is 1.14 bits per heavy atom. The van der Waals surface area contributed by atoms with Crippen LogP contribution in [0.5, 0.6) is 0 Å². The molecule has 0 spiro atoms. The van der Waals surface area contributed by atoms with Gasteiger partial charge in [-0.1, -0.05) is 59.3 Å². The van der Waals surface area contributed by atoms with Crippen molar-refractivity contribution in [3.8, 4) is 0 Å². The van der Waals surface area contributed by atoms with Gasteiger partial charge in [0.05, 0.1) is 18.2 Å². The average Bonchev–Trinajstić information content (AvgIpc) is 3.04. The second-order valence-electron chi connectivity index (χ2n) is 7.29. The van der Waals surface area contributed by atoms with Crippen molar-refractivity contribution in [2.45, 2.75) is 39.7 Å². The minimum absolute atomic E-state index is 0.173. The third-order valence-corrected chi connectivity index (χ3v) is 4.99. The van der Waals surface area contributed by atoms with E-state index in [-0.39, 0.29) is 5.69 Å². The van der Waals surface area contributed by atoms with Crippen LogP contribution in [0.4, 0.5) is 0 Å². The number of aryl methyl sites for hydroxylation is 2. The van der Waals surface area contributed by atoms with Gasteiger partial charge in [-0.2, -0.15) is 0 Å². The maximum atomic E-state index is 12.7. The zero-order chi connectivity index (χ0) is 21.0. The molecule has 150 valence electrons. The lowest BCUT2D eigenvalue weighted by molar-refractivity contribution is 0.0936. The number of nitrogens with one attached hydrogen (secondary N) is 1. The van der Waals surface area contributed by atoms with Crippen molar-refractivity contribution in [1.29, 1.82) is 0 Å². The van der Waals surface area contributed by atoms with Crippen LogP contribution in [0.25, 0.3) is 0 Å². The zero-order valence-corrected chi connectivity index (χ0v) is 16.8. The van der Waals surface area contributed by atoms with Gasteiger partial charge in [-0.15, -0.1) is 5.10 Å². The van der Waals surface area contributed by atoms with E-state index in [4.69, 9.17) is 0 Å². The molecule has 0 aliphatic heterocycles. The van der Waals surface area contributed by atoms with Gasteiger partial charge in [-0.3, -0.25) is 4.79 Å². The van der Waals surface area contributed by atoms with Crippen LogP contribution in [-0.2, 0) is 13.0 Å². The molecule has 3 N–H and O–H groups in total. The fourth-order valence-electron chi connectivity index (χ4n) is 3.26. The first-order chi connectivity index (χ1) is 13.8. The first kappa shape index (κ1) is 20.8. The zero-order valence-electron chi connectivity index (χ0n) is 16.8. The van der Waals surface area contributed by atoms with E-state index in [0.717, 1.165) is 22.3 Å². The van der Waals surface area contributed by atoms with Crippen LogP contribution < -0.4 is 5.32 Å². The highest BCUT2D eigenvalue weighted by Gasteiger charge is 2.28. The molecule has 1 amide bonds. The third kappa shape index (κ3) is 5.10. The molecule has 0 radical (unpaired) electrons. The monoisotopic (exact) mass is 392 g/mol. The topological polar surface area (TPSA) is 100 Å². The summed E-state index contributed by atoms with van der Waals surface area (Å²) in [5.41, 5.74) is 4.94. The number of rotatable bonds is 7. The van der Waals surface area contributed by atoms with Crippen molar-refractivity contribution in [3.63, 3.8) is 0 Å². The Bertz CT molecular complexity index is 989. The van der Waals surface area contributed by atoms with E-state index in [1.54, 1.807) is 11.6 Å². The van der Waals surface area contributed by atoms with Gasteiger partial charge in [0.1, 0.15) is 0 Å². The number of hydrogen-bond acceptors (Lipinski definition) is 5. The molecule has 8 heteroatoms. The number of benzene rings is 2. The standard InChI is InChI=1S/C21H25BN4O3/c1-14-9-10-18(15(2)11-14)12-19(22(28)29)23-21(27)20-16(3)26(25-24-20)13-17-7-5-4-6-8-17/h4-11,19,28-29H,12-13H2,1-3H3,(H,23,27)/t19-/m0/s1. The summed E-state index contributed by atoms with van der Waals surface area (Å²) in [4.78, 5) is 12.7. The predicted octanol–water partition coefficient (Wildman–Crippen LogP) is 1.60. The Morgan fingerprint density at radius 2 is 1.86 bits per heavy atom. The van der Waals surface area contributed by atoms with Gasteiger partial charge in [0.15, 0.2) is 5.69 Å². The molecule has 0 aliphatic carbocycles. The molecule has 0 unspecified atom stereocenters. The Morgan fingerprint density at radius 3 is 2.52 bits per heavy atom. The lowest BCUT2D eigenvalue weighted by atomic mass is 9.75. The number of nitrogens with zero attached hydrogens (tertiary/aromatic N) is 3. The van der Waals surface area contributed by atoms with Crippen LogP contribution in [0, 0.1) is 20.8 Å². The fraction of sp³-hybridized carbons (Fsp3) is 0.286. The van der Waals surface area contributed by atoms with Crippen molar-refractivity contribution in [2.24, 2.45) is 0 Å². The number of carbonyl (C=O) groups excluding carboxylic acids is 1. The number of amides is 1. The number of hydrogen-bond donors (Lipinski definition) is 3. The molecule has 2 aromatic carbocycles. The van der Waals surface area contributed by atoms with Crippen LogP contribution in [0.1, 0.15) is 38.4 Å². The third-order valence-electron chi connectivity index (χ3n) is 4.99. The summed E-state index contributed by atoms with van der Waals surface area (Å²) >= 11 is 0. The minimum Gasteiger partial charge on any atom is -0.426 e. The van der Waals surface area contributed by atoms with E-state index < -0.39 is 19.0 Å². The van der Waals surface area contributed by atoms with Gasteiger partial charge >= 0.3 is 7.12 Å². The smallest absolute Gasteiger partial charge is 0.426 e. The summed E-state index contributed by atoms with van der Waals surface area (Å²) in [6.07, 6.45) is 0.298. The molecule has 7 nitrogen and oxygen atoms in total. The van der Waals surface area contributed by atoms with Crippen molar-refractivity contribution in [2.75, 3.05) is 0 Å². The van der Waals surface area contributed by atoms with Crippen LogP contribution in [0.3, 0.4) is 0 Å². The van der Waals surface area contributed by atoms with Gasteiger partial charge in [-0.25, -0.2) is 4.68 Å². The minimum atomic E-state index is -1.70. The van der Waals surface area contributed by atoms with E-state index in [9.17, 15) is 14.8 Å². The van der Waals surface area contributed by atoms with Crippen molar-refractivity contribution < 1.29 is 14.8 Å². The molecular weight excluding hydrogens is 367 g/mol. The molecule has 1 heterocycles. The molecule has 0 aliphatic rings. The van der Waals surface area contributed by atoms with Gasteiger partial charge < -0.3 is 15.4 Å². The summed E-state index contributed by atoms with van der Waals surface area (Å²) < 4.78 is 1.65. The summed E-state index contributed by atoms with van der Waals surface area (Å²) in [6, 6.07) is 15.7. The maximum Gasteiger partial charge on any atom is 0.475 e. The van der Waals surface area contributed by atoms with E-state index in [0.29, 0.717) is 18.7 Å². The highest BCUT2D eigenvalue weighted by molar-refractivity contribution is 6.43. The normalized spacial score (nSPS) is 11.9. The molecule has 3 rings (SSSR count). The van der Waals surface area contributed by atoms with Gasteiger partial charge in [-0.05, 0) is 43.9 Å². The van der Waals surface area contributed by atoms with Crippen LogP contribution in [-0.4, -0.2) is 44.0 Å². The van der Waals surface area contributed by atoms with Crippen LogP contribution >= 0.6 is 0 Å². The average molecular weight is 392 g/mol. The Hall–Kier alpha value is -2.97. The lowest BCUT2D eigenvalue weighted by Crippen LogP contribution is -2.48. The fourth-order valence-corrected chi connectivity index (χ4v) is 3.26. The molecular formula is C21H25BN4O3. The van der Waals surface area contributed by atoms with Crippen molar-refractivity contribution in [3.05, 3.63) is 82.2 Å². The molecule has 0 saturated carbocycles. The largest absolute Gasteiger partial charge is 0.475 e. The Labute approximate surface area is 170 Å². The predicted molar refractivity (Wildman–Crippen MR) is 111 cm³/mol. The van der Waals surface area contributed by atoms with Crippen molar-refractivity contribution >= 4 is 13.0 Å². The molecule has 0 bridgehead atoms. The van der Waals surface area contributed by atoms with Crippen LogP contribution in [0.2, 0.25) is 0 Å². The summed E-state index contributed by atoms with van der Waals surface area (Å²) in [5, 5.41) is 30.3. The van der Waals surface area contributed by atoms with Crippen LogP contribution in [0.15, 0.2) is 48.5 Å². The van der Waals surface area contributed by atoms with Gasteiger partial charge in [0.25, 0.3) is 5.91 Å². The summed E-state index contributed by atoms with van der Waals surface area (Å²) in [7, 11) is -1.70. The molecule has 1 atom stereocenters. The highest BCUT2D eigenvalue weighted by atomic mass is 16.4. The van der Waals surface area contributed by atoms with Crippen molar-refractivity contribution in [1.82, 2.24) is 20.3 Å². The summed E-state index contributed by atoms with van der Waals surface area (Å²) in [6.45, 7) is 6.23. The van der Waals surface area contributed by atoms with E-state index in [1.807, 2.05) is 62.4 Å². The molecule has 0 saturated heterocycles. The second kappa shape index (κ2) is 9.02.